The van der Waals surface area contributed by atoms with E-state index < -0.39 is 0 Å². The molecular formula is C14H22N4O2. The van der Waals surface area contributed by atoms with Crippen molar-refractivity contribution < 1.29 is 9.90 Å². The van der Waals surface area contributed by atoms with E-state index in [0.717, 1.165) is 26.1 Å². The lowest BCUT2D eigenvalue weighted by atomic mass is 10.2. The molecule has 2 N–H and O–H groups in total. The van der Waals surface area contributed by atoms with E-state index in [1.165, 1.54) is 0 Å². The minimum atomic E-state index is 0.0216. The summed E-state index contributed by atoms with van der Waals surface area (Å²) in [4.78, 5) is 20.8. The van der Waals surface area contributed by atoms with Crippen LogP contribution in [0.1, 0.15) is 16.8 Å². The maximum Gasteiger partial charge on any atom is 0.257 e. The van der Waals surface area contributed by atoms with E-state index in [0.29, 0.717) is 24.5 Å². The molecule has 0 aromatic carbocycles. The molecule has 0 atom stereocenters. The van der Waals surface area contributed by atoms with Crippen LogP contribution in [0, 0.1) is 0 Å². The Balaban J connectivity index is 2.05. The minimum Gasteiger partial charge on any atom is -0.395 e. The Morgan fingerprint density at radius 2 is 2.25 bits per heavy atom. The molecule has 1 amide bonds. The second kappa shape index (κ2) is 7.21. The molecule has 1 fully saturated rings. The summed E-state index contributed by atoms with van der Waals surface area (Å²) in [7, 11) is 1.77. The number of aliphatic hydroxyl groups is 1. The third kappa shape index (κ3) is 3.46. The van der Waals surface area contributed by atoms with Crippen LogP contribution in [0.25, 0.3) is 0 Å². The van der Waals surface area contributed by atoms with Crippen LogP contribution in [0.3, 0.4) is 0 Å². The number of β-amino-alcohol motifs (C(OH)–C–C–N with tert-alkyl or cyclic N) is 1. The van der Waals surface area contributed by atoms with Crippen molar-refractivity contribution in [3.8, 4) is 0 Å². The minimum absolute atomic E-state index is 0.0216. The zero-order valence-electron chi connectivity index (χ0n) is 11.9. The van der Waals surface area contributed by atoms with Crippen LogP contribution in [0.15, 0.2) is 18.3 Å². The van der Waals surface area contributed by atoms with Gasteiger partial charge < -0.3 is 15.3 Å². The zero-order valence-corrected chi connectivity index (χ0v) is 11.9. The number of pyridine rings is 1. The van der Waals surface area contributed by atoms with Crippen LogP contribution < -0.4 is 5.32 Å². The van der Waals surface area contributed by atoms with E-state index >= 15 is 0 Å². The van der Waals surface area contributed by atoms with Crippen molar-refractivity contribution in [2.24, 2.45) is 0 Å². The van der Waals surface area contributed by atoms with Gasteiger partial charge in [-0.15, -0.1) is 0 Å². The van der Waals surface area contributed by atoms with E-state index in [-0.39, 0.29) is 12.5 Å². The van der Waals surface area contributed by atoms with Gasteiger partial charge >= 0.3 is 0 Å². The summed E-state index contributed by atoms with van der Waals surface area (Å²) < 4.78 is 0. The van der Waals surface area contributed by atoms with Gasteiger partial charge in [0.05, 0.1) is 12.2 Å². The molecule has 2 heterocycles. The number of rotatable bonds is 4. The Kier molecular flexibility index (Phi) is 5.31. The number of hydrogen-bond donors (Lipinski definition) is 2. The summed E-state index contributed by atoms with van der Waals surface area (Å²) >= 11 is 0. The number of aromatic nitrogens is 1. The van der Waals surface area contributed by atoms with E-state index in [1.54, 1.807) is 25.4 Å². The summed E-state index contributed by atoms with van der Waals surface area (Å²) in [6.45, 7) is 4.02. The van der Waals surface area contributed by atoms with Crippen LogP contribution >= 0.6 is 0 Å². The van der Waals surface area contributed by atoms with Gasteiger partial charge in [-0.2, -0.15) is 0 Å². The molecule has 1 aromatic heterocycles. The van der Waals surface area contributed by atoms with Gasteiger partial charge in [-0.1, -0.05) is 0 Å². The van der Waals surface area contributed by atoms with Crippen LogP contribution in [-0.4, -0.2) is 72.2 Å². The molecule has 2 rings (SSSR count). The van der Waals surface area contributed by atoms with Crippen LogP contribution in [-0.2, 0) is 0 Å². The van der Waals surface area contributed by atoms with Crippen molar-refractivity contribution in [1.29, 1.82) is 0 Å². The highest BCUT2D eigenvalue weighted by Crippen LogP contribution is 2.15. The molecule has 0 spiro atoms. The highest BCUT2D eigenvalue weighted by molar-refractivity contribution is 5.98. The van der Waals surface area contributed by atoms with Gasteiger partial charge in [-0.3, -0.25) is 9.69 Å². The van der Waals surface area contributed by atoms with E-state index in [2.05, 4.69) is 15.2 Å². The monoisotopic (exact) mass is 278 g/mol. The summed E-state index contributed by atoms with van der Waals surface area (Å²) in [5.74, 6) is 0.641. The van der Waals surface area contributed by atoms with Crippen LogP contribution in [0.5, 0.6) is 0 Å². The lowest BCUT2D eigenvalue weighted by Crippen LogP contribution is -2.36. The maximum atomic E-state index is 12.6. The van der Waals surface area contributed by atoms with E-state index in [4.69, 9.17) is 5.11 Å². The molecule has 1 aromatic rings. The second-order valence-electron chi connectivity index (χ2n) is 4.86. The Labute approximate surface area is 119 Å². The first-order valence-corrected chi connectivity index (χ1v) is 7.01. The van der Waals surface area contributed by atoms with Crippen LogP contribution in [0.4, 0.5) is 5.82 Å². The Bertz CT molecular complexity index is 453. The lowest BCUT2D eigenvalue weighted by molar-refractivity contribution is 0.0761. The summed E-state index contributed by atoms with van der Waals surface area (Å²) in [5.41, 5.74) is 0.616. The van der Waals surface area contributed by atoms with Gasteiger partial charge in [-0.25, -0.2) is 4.98 Å². The zero-order chi connectivity index (χ0) is 14.4. The van der Waals surface area contributed by atoms with Crippen molar-refractivity contribution in [3.63, 3.8) is 0 Å². The molecule has 1 aliphatic rings. The predicted molar refractivity (Wildman–Crippen MR) is 77.8 cm³/mol. The number of carbonyl (C=O) groups is 1. The fraction of sp³-hybridized carbons (Fsp3) is 0.571. The molecule has 6 heteroatoms. The summed E-state index contributed by atoms with van der Waals surface area (Å²) in [6, 6.07) is 3.58. The normalized spacial score (nSPS) is 16.8. The molecule has 0 radical (unpaired) electrons. The molecule has 1 aliphatic heterocycles. The molecular weight excluding hydrogens is 256 g/mol. The van der Waals surface area contributed by atoms with Gasteiger partial charge in [0.2, 0.25) is 0 Å². The lowest BCUT2D eigenvalue weighted by Gasteiger charge is -2.22. The smallest absolute Gasteiger partial charge is 0.257 e. The fourth-order valence-electron chi connectivity index (χ4n) is 2.49. The largest absolute Gasteiger partial charge is 0.395 e. The van der Waals surface area contributed by atoms with Crippen molar-refractivity contribution in [2.45, 2.75) is 6.42 Å². The van der Waals surface area contributed by atoms with Gasteiger partial charge in [-0.05, 0) is 25.1 Å². The standard InChI is InChI=1S/C14H22N4O2/c1-15-13-12(4-2-5-16-13)14(20)18-7-3-6-17(8-9-18)10-11-19/h2,4-5,19H,3,6-11H2,1H3,(H,15,16). The number of hydrogen-bond acceptors (Lipinski definition) is 5. The SMILES string of the molecule is CNc1ncccc1C(=O)N1CCCN(CCO)CC1. The maximum absolute atomic E-state index is 12.6. The van der Waals surface area contributed by atoms with Gasteiger partial charge in [0.25, 0.3) is 5.91 Å². The van der Waals surface area contributed by atoms with Crippen molar-refractivity contribution in [3.05, 3.63) is 23.9 Å². The van der Waals surface area contributed by atoms with Gasteiger partial charge in [0, 0.05) is 39.4 Å². The first-order valence-electron chi connectivity index (χ1n) is 7.01. The average molecular weight is 278 g/mol. The Morgan fingerprint density at radius 3 is 3.00 bits per heavy atom. The van der Waals surface area contributed by atoms with Crippen molar-refractivity contribution in [2.75, 3.05) is 51.7 Å². The van der Waals surface area contributed by atoms with Gasteiger partial charge in [0.15, 0.2) is 0 Å². The molecule has 0 unspecified atom stereocenters. The molecule has 110 valence electrons. The van der Waals surface area contributed by atoms with Crippen molar-refractivity contribution in [1.82, 2.24) is 14.8 Å². The fourth-order valence-corrected chi connectivity index (χ4v) is 2.49. The Hall–Kier alpha value is -1.66. The topological polar surface area (TPSA) is 68.7 Å². The second-order valence-corrected chi connectivity index (χ2v) is 4.86. The quantitative estimate of drug-likeness (QED) is 0.827. The third-order valence-corrected chi connectivity index (χ3v) is 3.57. The number of carbonyl (C=O) groups excluding carboxylic acids is 1. The van der Waals surface area contributed by atoms with E-state index in [9.17, 15) is 4.79 Å². The molecule has 1 saturated heterocycles. The van der Waals surface area contributed by atoms with Crippen molar-refractivity contribution >= 4 is 11.7 Å². The Morgan fingerprint density at radius 1 is 1.40 bits per heavy atom. The molecule has 6 nitrogen and oxygen atoms in total. The molecule has 20 heavy (non-hydrogen) atoms. The van der Waals surface area contributed by atoms with Gasteiger partial charge in [0.1, 0.15) is 5.82 Å². The van der Waals surface area contributed by atoms with E-state index in [1.807, 2.05) is 4.90 Å². The number of anilines is 1. The first kappa shape index (κ1) is 14.7. The molecule has 0 bridgehead atoms. The average Bonchev–Trinajstić information content (AvgIpc) is 2.72. The van der Waals surface area contributed by atoms with Crippen LogP contribution in [0.2, 0.25) is 0 Å². The third-order valence-electron chi connectivity index (χ3n) is 3.57. The summed E-state index contributed by atoms with van der Waals surface area (Å²) in [5, 5.41) is 12.0. The first-order chi connectivity index (χ1) is 9.76. The molecule has 0 saturated carbocycles. The number of aliphatic hydroxyl groups excluding tert-OH is 1. The highest BCUT2D eigenvalue weighted by atomic mass is 16.3. The number of amides is 1. The predicted octanol–water partition coefficient (Wildman–Crippen LogP) is 0.264. The summed E-state index contributed by atoms with van der Waals surface area (Å²) in [6.07, 6.45) is 2.61. The highest BCUT2D eigenvalue weighted by Gasteiger charge is 2.22. The number of nitrogens with one attached hydrogen (secondary N) is 1. The number of nitrogens with zero attached hydrogens (tertiary/aromatic N) is 3. The molecule has 0 aliphatic carbocycles.